The summed E-state index contributed by atoms with van der Waals surface area (Å²) < 4.78 is 5.08. The molecule has 6 aromatic carbocycles. The first-order valence-electron chi connectivity index (χ1n) is 25.1. The first-order valence-corrected chi connectivity index (χ1v) is 25.4. The summed E-state index contributed by atoms with van der Waals surface area (Å²) in [7, 11) is 1.69. The molecular weight excluding hydrogens is 966 g/mol. The zero-order chi connectivity index (χ0) is 55.6. The van der Waals surface area contributed by atoms with E-state index in [0.717, 1.165) is 27.5 Å². The maximum atomic E-state index is 9.60. The van der Waals surface area contributed by atoms with Crippen LogP contribution in [0.25, 0.3) is 10.4 Å². The molecular formula is C70H112ClN3O3. The van der Waals surface area contributed by atoms with Crippen molar-refractivity contribution in [3.05, 3.63) is 198 Å². The molecule has 0 aliphatic rings. The van der Waals surface area contributed by atoms with Crippen LogP contribution in [-0.2, 0) is 32.5 Å². The fourth-order valence-electron chi connectivity index (χ4n) is 6.74. The van der Waals surface area contributed by atoms with Gasteiger partial charge in [-0.3, -0.25) is 0 Å². The minimum Gasteiger partial charge on any atom is -0.508 e. The number of hydrogen-bond acceptors (Lipinski definition) is 4. The summed E-state index contributed by atoms with van der Waals surface area (Å²) in [5.74, 6) is 1.72. The van der Waals surface area contributed by atoms with E-state index in [9.17, 15) is 10.2 Å². The number of azide groups is 1. The van der Waals surface area contributed by atoms with Gasteiger partial charge in [0.05, 0.1) is 7.11 Å². The van der Waals surface area contributed by atoms with Gasteiger partial charge in [-0.15, -0.1) is 0 Å². The lowest BCUT2D eigenvalue weighted by Gasteiger charge is -2.20. The molecule has 0 radical (unpaired) electrons. The molecule has 0 aliphatic carbocycles. The van der Waals surface area contributed by atoms with Crippen LogP contribution in [0.4, 0.5) is 5.69 Å². The topological polar surface area (TPSA) is 98.5 Å². The van der Waals surface area contributed by atoms with Gasteiger partial charge in [0.1, 0.15) is 17.2 Å². The zero-order valence-electron chi connectivity index (χ0n) is 48.6. The van der Waals surface area contributed by atoms with E-state index in [1.165, 1.54) is 38.9 Å². The molecule has 2 N–H and O–H groups in total. The summed E-state index contributed by atoms with van der Waals surface area (Å²) in [5, 5.41) is 23.2. The fourth-order valence-corrected chi connectivity index (χ4v) is 6.87. The van der Waals surface area contributed by atoms with E-state index in [1.807, 2.05) is 81.4 Å². The van der Waals surface area contributed by atoms with E-state index >= 15 is 0 Å². The van der Waals surface area contributed by atoms with E-state index in [4.69, 9.17) is 21.9 Å². The molecule has 77 heavy (non-hydrogen) atoms. The first kappa shape index (κ1) is 80.2. The third-order valence-corrected chi connectivity index (χ3v) is 12.1. The van der Waals surface area contributed by atoms with Crippen LogP contribution in [0.3, 0.4) is 0 Å². The van der Waals surface area contributed by atoms with Gasteiger partial charge in [0.15, 0.2) is 0 Å². The number of halogens is 1. The Morgan fingerprint density at radius 2 is 0.740 bits per heavy atom. The molecule has 432 valence electrons. The minimum absolute atomic E-state index is 0. The van der Waals surface area contributed by atoms with Gasteiger partial charge in [-0.05, 0) is 146 Å². The lowest BCUT2D eigenvalue weighted by Crippen LogP contribution is -2.11. The number of hydrogen-bond donors (Lipinski definition) is 2. The summed E-state index contributed by atoms with van der Waals surface area (Å²) >= 11 is 5.76. The van der Waals surface area contributed by atoms with Crippen molar-refractivity contribution in [2.45, 2.75) is 222 Å². The Hall–Kier alpha value is -5.68. The first-order chi connectivity index (χ1) is 32.8. The van der Waals surface area contributed by atoms with E-state index < -0.39 is 0 Å². The highest BCUT2D eigenvalue weighted by Crippen LogP contribution is 2.31. The monoisotopic (exact) mass is 1080 g/mol. The summed E-state index contributed by atoms with van der Waals surface area (Å²) in [6.07, 6.45) is 0. The number of benzene rings is 6. The molecule has 6 nitrogen and oxygen atoms in total. The molecule has 0 aliphatic heterocycles. The Balaban J connectivity index is -0.000000266. The van der Waals surface area contributed by atoms with Gasteiger partial charge in [0.25, 0.3) is 0 Å². The Kier molecular flexibility index (Phi) is 35.7. The number of phenolic OH excluding ortho intramolecular Hbond substituents is 2. The summed E-state index contributed by atoms with van der Waals surface area (Å²) in [4.78, 5) is 2.72. The molecule has 6 aromatic rings. The van der Waals surface area contributed by atoms with Crippen LogP contribution >= 0.6 is 11.6 Å². The molecule has 0 atom stereocenters. The van der Waals surface area contributed by atoms with Crippen LogP contribution in [0.2, 0.25) is 5.02 Å². The molecule has 0 unspecified atom stereocenters. The second kappa shape index (κ2) is 34.3. The number of methoxy groups -OCH3 is 1. The molecule has 0 saturated carbocycles. The molecule has 0 fully saturated rings. The lowest BCUT2D eigenvalue weighted by molar-refractivity contribution is 0.414. The molecule has 0 saturated heterocycles. The third kappa shape index (κ3) is 30.2. The van der Waals surface area contributed by atoms with E-state index in [2.05, 4.69) is 202 Å². The Labute approximate surface area is 479 Å². The maximum Gasteiger partial charge on any atom is 0.121 e. The van der Waals surface area contributed by atoms with Gasteiger partial charge < -0.3 is 14.9 Å². The van der Waals surface area contributed by atoms with Gasteiger partial charge in [-0.25, -0.2) is 0 Å². The average Bonchev–Trinajstić information content (AvgIpc) is 3.26. The van der Waals surface area contributed by atoms with Crippen LogP contribution in [0.15, 0.2) is 133 Å². The molecule has 7 heteroatoms. The SMILES string of the molecule is C.C.C.C.C.CC(C)(C)c1ccc(Cl)cc1.CC(C)(C)c1ccc(N=[N+]=[N-])cc1.COc1ccc(C(C)(C)C)cc1.Cc1cc(C(C)(C)C)cc(C)c1O.Cc1cc(C(C)(C)C)ccc1O.Cc1cccc(C(C)(C)C)c1. The van der Waals surface area contributed by atoms with Crippen molar-refractivity contribution in [1.29, 1.82) is 0 Å². The number of ether oxygens (including phenoxy) is 1. The van der Waals surface area contributed by atoms with Crippen LogP contribution in [0.5, 0.6) is 17.2 Å². The van der Waals surface area contributed by atoms with Crippen molar-refractivity contribution < 1.29 is 14.9 Å². The summed E-state index contributed by atoms with van der Waals surface area (Å²) in [6, 6.07) is 42.5. The predicted octanol–water partition coefficient (Wildman–Crippen LogP) is 23.3. The second-order valence-corrected chi connectivity index (χ2v) is 25.2. The Morgan fingerprint density at radius 3 is 1.05 bits per heavy atom. The number of aromatic hydroxyl groups is 2. The lowest BCUT2D eigenvalue weighted by atomic mass is 9.85. The largest absolute Gasteiger partial charge is 0.508 e. The zero-order valence-corrected chi connectivity index (χ0v) is 49.4. The standard InChI is InChI=1S/C12H18O.2C11H16O.C11H16.C10H13Cl.C10H13N3.5CH4/c1-8-6-10(12(3,4)5)7-9(2)11(8)13;1-11(2,3)9-5-7-10(12-4)8-6-9;1-8-7-9(11(2,3)4)5-6-10(8)12;1-9-6-5-7-10(8-9)11(2,3)4;1-10(2,3)8-4-6-9(11)7-5-8;1-10(2,3)8-4-6-9(7-5-8)12-13-11;;;;;/h6-7,13H,1-5H3;5-8H,1-4H3;5-7,12H,1-4H3;5-8H,1-4H3;4-7H,1-3H3;4-7H,1-3H3;5*1H4. The number of aryl methyl sites for hydroxylation is 4. The van der Waals surface area contributed by atoms with Crippen molar-refractivity contribution >= 4 is 17.3 Å². The van der Waals surface area contributed by atoms with Crippen molar-refractivity contribution in [1.82, 2.24) is 0 Å². The smallest absolute Gasteiger partial charge is 0.121 e. The van der Waals surface area contributed by atoms with Gasteiger partial charge in [0, 0.05) is 15.6 Å². The Bertz CT molecular complexity index is 2580. The average molecular weight is 1080 g/mol. The van der Waals surface area contributed by atoms with Gasteiger partial charge in [-0.1, -0.05) is 281 Å². The molecule has 0 bridgehead atoms. The van der Waals surface area contributed by atoms with Gasteiger partial charge in [-0.2, -0.15) is 0 Å². The van der Waals surface area contributed by atoms with E-state index in [1.54, 1.807) is 13.2 Å². The van der Waals surface area contributed by atoms with E-state index in [-0.39, 0.29) is 69.6 Å². The molecule has 6 rings (SSSR count). The van der Waals surface area contributed by atoms with Crippen molar-refractivity contribution in [3.63, 3.8) is 0 Å². The van der Waals surface area contributed by atoms with Gasteiger partial charge >= 0.3 is 0 Å². The van der Waals surface area contributed by atoms with Crippen LogP contribution in [-0.4, -0.2) is 17.3 Å². The third-order valence-electron chi connectivity index (χ3n) is 11.9. The quantitative estimate of drug-likeness (QED) is 0.103. The highest BCUT2D eigenvalue weighted by Gasteiger charge is 2.18. The number of rotatable bonds is 2. The van der Waals surface area contributed by atoms with E-state index in [0.29, 0.717) is 17.2 Å². The number of nitrogens with zero attached hydrogens (tertiary/aromatic N) is 3. The Morgan fingerprint density at radius 1 is 0.416 bits per heavy atom. The van der Waals surface area contributed by atoms with Crippen LogP contribution in [0.1, 0.15) is 217 Å². The molecule has 0 amide bonds. The number of phenols is 2. The summed E-state index contributed by atoms with van der Waals surface area (Å²) in [6.45, 7) is 47.3. The second-order valence-electron chi connectivity index (χ2n) is 24.8. The highest BCUT2D eigenvalue weighted by atomic mass is 35.5. The van der Waals surface area contributed by atoms with Crippen molar-refractivity contribution in [3.8, 4) is 17.2 Å². The molecule has 0 aromatic heterocycles. The minimum atomic E-state index is 0. The molecule has 0 heterocycles. The van der Waals surface area contributed by atoms with Crippen molar-refractivity contribution in [2.75, 3.05) is 7.11 Å². The fraction of sp³-hybridized carbons (Fsp3) is 0.486. The highest BCUT2D eigenvalue weighted by molar-refractivity contribution is 6.30. The van der Waals surface area contributed by atoms with Crippen LogP contribution < -0.4 is 4.74 Å². The summed E-state index contributed by atoms with van der Waals surface area (Å²) in [5.41, 5.74) is 22.1. The normalized spacial score (nSPS) is 10.7. The van der Waals surface area contributed by atoms with Crippen LogP contribution in [0, 0.1) is 27.7 Å². The van der Waals surface area contributed by atoms with Gasteiger partial charge in [0.2, 0.25) is 0 Å². The molecule has 0 spiro atoms. The maximum absolute atomic E-state index is 9.60. The van der Waals surface area contributed by atoms with Crippen molar-refractivity contribution in [2.24, 2.45) is 5.11 Å². The predicted molar refractivity (Wildman–Crippen MR) is 347 cm³/mol.